The number of nitrogens with one attached hydrogen (secondary N) is 1. The Balaban J connectivity index is 2.09. The maximum Gasteiger partial charge on any atom is 0.410 e. The molecule has 2 amide bonds. The maximum absolute atomic E-state index is 12.5. The van der Waals surface area contributed by atoms with E-state index < -0.39 is 5.60 Å². The Kier molecular flexibility index (Phi) is 6.08. The number of aromatic nitrogens is 2. The largest absolute Gasteiger partial charge is 0.444 e. The number of carbonyl (C=O) groups is 2. The molecule has 0 bridgehead atoms. The Labute approximate surface area is 149 Å². The summed E-state index contributed by atoms with van der Waals surface area (Å²) in [7, 11) is 1.84. The molecule has 1 aliphatic rings. The predicted molar refractivity (Wildman–Crippen MR) is 95.4 cm³/mol. The number of hydrogen-bond donors (Lipinski definition) is 1. The SMILES string of the molecule is CCCCCNC(=O)c1nn(C)c2c1CN(C(=O)OC(C)(C)C)CC2. The Morgan fingerprint density at radius 3 is 2.64 bits per heavy atom. The molecule has 2 heterocycles. The fourth-order valence-electron chi connectivity index (χ4n) is 2.92. The lowest BCUT2D eigenvalue weighted by Gasteiger charge is -2.30. The minimum absolute atomic E-state index is 0.168. The highest BCUT2D eigenvalue weighted by atomic mass is 16.6. The number of hydrogen-bond acceptors (Lipinski definition) is 4. The molecule has 140 valence electrons. The van der Waals surface area contributed by atoms with Crippen molar-refractivity contribution in [3.63, 3.8) is 0 Å². The van der Waals surface area contributed by atoms with E-state index in [0.29, 0.717) is 31.7 Å². The van der Waals surface area contributed by atoms with Gasteiger partial charge in [0, 0.05) is 37.8 Å². The summed E-state index contributed by atoms with van der Waals surface area (Å²) in [5, 5.41) is 7.32. The fraction of sp³-hybridized carbons (Fsp3) is 0.722. The van der Waals surface area contributed by atoms with E-state index in [1.54, 1.807) is 9.58 Å². The fourth-order valence-corrected chi connectivity index (χ4v) is 2.92. The number of rotatable bonds is 5. The number of ether oxygens (including phenoxy) is 1. The maximum atomic E-state index is 12.5. The van der Waals surface area contributed by atoms with Gasteiger partial charge < -0.3 is 15.0 Å². The smallest absolute Gasteiger partial charge is 0.410 e. The molecular weight excluding hydrogens is 320 g/mol. The third kappa shape index (κ3) is 4.96. The highest BCUT2D eigenvalue weighted by Crippen LogP contribution is 2.23. The summed E-state index contributed by atoms with van der Waals surface area (Å²) in [6, 6.07) is 0. The molecule has 1 aromatic rings. The summed E-state index contributed by atoms with van der Waals surface area (Å²) in [5.74, 6) is -0.168. The van der Waals surface area contributed by atoms with Crippen LogP contribution in [0, 0.1) is 0 Å². The van der Waals surface area contributed by atoms with Crippen LogP contribution < -0.4 is 5.32 Å². The van der Waals surface area contributed by atoms with Crippen molar-refractivity contribution in [3.8, 4) is 0 Å². The first kappa shape index (κ1) is 19.3. The summed E-state index contributed by atoms with van der Waals surface area (Å²) in [4.78, 5) is 26.5. The lowest BCUT2D eigenvalue weighted by Crippen LogP contribution is -2.40. The van der Waals surface area contributed by atoms with Crippen molar-refractivity contribution < 1.29 is 14.3 Å². The van der Waals surface area contributed by atoms with Crippen LogP contribution in [0.1, 0.15) is 68.7 Å². The van der Waals surface area contributed by atoms with Gasteiger partial charge in [-0.2, -0.15) is 5.10 Å². The van der Waals surface area contributed by atoms with Gasteiger partial charge in [-0.3, -0.25) is 9.48 Å². The van der Waals surface area contributed by atoms with E-state index in [9.17, 15) is 9.59 Å². The van der Waals surface area contributed by atoms with Crippen molar-refractivity contribution in [2.45, 2.75) is 65.5 Å². The highest BCUT2D eigenvalue weighted by molar-refractivity contribution is 5.94. The molecule has 1 aliphatic heterocycles. The number of nitrogens with zero attached hydrogens (tertiary/aromatic N) is 3. The Bertz CT molecular complexity index is 631. The molecule has 0 aliphatic carbocycles. The molecule has 25 heavy (non-hydrogen) atoms. The van der Waals surface area contributed by atoms with Gasteiger partial charge in [0.1, 0.15) is 5.60 Å². The summed E-state index contributed by atoms with van der Waals surface area (Å²) in [6.45, 7) is 9.24. The topological polar surface area (TPSA) is 76.5 Å². The molecule has 0 atom stereocenters. The van der Waals surface area contributed by atoms with E-state index in [4.69, 9.17) is 4.74 Å². The predicted octanol–water partition coefficient (Wildman–Crippen LogP) is 2.63. The molecule has 0 radical (unpaired) electrons. The molecular formula is C18H30N4O3. The van der Waals surface area contributed by atoms with E-state index in [-0.39, 0.29) is 12.0 Å². The molecule has 1 aromatic heterocycles. The van der Waals surface area contributed by atoms with Crippen LogP contribution in [0.4, 0.5) is 4.79 Å². The van der Waals surface area contributed by atoms with E-state index in [1.165, 1.54) is 0 Å². The summed E-state index contributed by atoms with van der Waals surface area (Å²) < 4.78 is 7.20. The number of carbonyl (C=O) groups excluding carboxylic acids is 2. The van der Waals surface area contributed by atoms with Crippen LogP contribution in [0.2, 0.25) is 0 Å². The van der Waals surface area contributed by atoms with Gasteiger partial charge in [0.25, 0.3) is 5.91 Å². The van der Waals surface area contributed by atoms with E-state index in [2.05, 4.69) is 17.3 Å². The van der Waals surface area contributed by atoms with Gasteiger partial charge in [-0.1, -0.05) is 19.8 Å². The summed E-state index contributed by atoms with van der Waals surface area (Å²) in [5.41, 5.74) is 1.72. The zero-order valence-corrected chi connectivity index (χ0v) is 16.0. The van der Waals surface area contributed by atoms with Gasteiger partial charge in [0.05, 0.1) is 6.54 Å². The number of amides is 2. The van der Waals surface area contributed by atoms with Crippen LogP contribution in [0.5, 0.6) is 0 Å². The van der Waals surface area contributed by atoms with Gasteiger partial charge in [-0.25, -0.2) is 4.79 Å². The van der Waals surface area contributed by atoms with Gasteiger partial charge in [-0.05, 0) is 27.2 Å². The quantitative estimate of drug-likeness (QED) is 0.828. The molecule has 7 nitrogen and oxygen atoms in total. The van der Waals surface area contributed by atoms with Crippen molar-refractivity contribution in [1.82, 2.24) is 20.0 Å². The van der Waals surface area contributed by atoms with Gasteiger partial charge in [0.2, 0.25) is 0 Å². The molecule has 2 rings (SSSR count). The Hall–Kier alpha value is -2.05. The zero-order valence-electron chi connectivity index (χ0n) is 16.0. The van der Waals surface area contributed by atoms with Crippen LogP contribution >= 0.6 is 0 Å². The number of aryl methyl sites for hydroxylation is 1. The van der Waals surface area contributed by atoms with E-state index in [0.717, 1.165) is 30.5 Å². The second-order valence-corrected chi connectivity index (χ2v) is 7.51. The molecule has 0 saturated heterocycles. The van der Waals surface area contributed by atoms with Crippen molar-refractivity contribution in [2.75, 3.05) is 13.1 Å². The molecule has 1 N–H and O–H groups in total. The first-order valence-electron chi connectivity index (χ1n) is 9.03. The average molecular weight is 350 g/mol. The monoisotopic (exact) mass is 350 g/mol. The van der Waals surface area contributed by atoms with Crippen LogP contribution in [-0.2, 0) is 24.8 Å². The molecule has 0 aromatic carbocycles. The van der Waals surface area contributed by atoms with Crippen LogP contribution in [0.25, 0.3) is 0 Å². The normalized spacial score (nSPS) is 14.2. The van der Waals surface area contributed by atoms with Crippen molar-refractivity contribution in [3.05, 3.63) is 17.0 Å². The summed E-state index contributed by atoms with van der Waals surface area (Å²) >= 11 is 0. The second kappa shape index (κ2) is 7.89. The number of unbranched alkanes of at least 4 members (excludes halogenated alkanes) is 2. The van der Waals surface area contributed by atoms with Crippen molar-refractivity contribution >= 4 is 12.0 Å². The van der Waals surface area contributed by atoms with E-state index in [1.807, 2.05) is 27.8 Å². The lowest BCUT2D eigenvalue weighted by molar-refractivity contribution is 0.0221. The van der Waals surface area contributed by atoms with Crippen LogP contribution in [0.3, 0.4) is 0 Å². The third-order valence-corrected chi connectivity index (χ3v) is 4.17. The van der Waals surface area contributed by atoms with Crippen molar-refractivity contribution in [1.29, 1.82) is 0 Å². The second-order valence-electron chi connectivity index (χ2n) is 7.51. The van der Waals surface area contributed by atoms with Crippen molar-refractivity contribution in [2.24, 2.45) is 7.05 Å². The summed E-state index contributed by atoms with van der Waals surface area (Å²) in [6.07, 6.45) is 3.48. The molecule has 7 heteroatoms. The van der Waals surface area contributed by atoms with Gasteiger partial charge >= 0.3 is 6.09 Å². The zero-order chi connectivity index (χ0) is 18.6. The third-order valence-electron chi connectivity index (χ3n) is 4.17. The first-order valence-corrected chi connectivity index (χ1v) is 9.03. The minimum Gasteiger partial charge on any atom is -0.444 e. The first-order chi connectivity index (χ1) is 11.7. The minimum atomic E-state index is -0.536. The average Bonchev–Trinajstić information content (AvgIpc) is 2.86. The van der Waals surface area contributed by atoms with E-state index >= 15 is 0 Å². The van der Waals surface area contributed by atoms with Gasteiger partial charge in [0.15, 0.2) is 5.69 Å². The Morgan fingerprint density at radius 2 is 2.00 bits per heavy atom. The molecule has 0 fully saturated rings. The van der Waals surface area contributed by atoms with Crippen LogP contribution in [0.15, 0.2) is 0 Å². The molecule has 0 spiro atoms. The standard InChI is InChI=1S/C18H30N4O3/c1-6-7-8-10-19-16(23)15-13-12-22(17(24)25-18(2,3)4)11-9-14(13)21(5)20-15/h6-12H2,1-5H3,(H,19,23). The molecule has 0 saturated carbocycles. The van der Waals surface area contributed by atoms with Gasteiger partial charge in [-0.15, -0.1) is 0 Å². The van der Waals surface area contributed by atoms with Crippen LogP contribution in [-0.4, -0.2) is 45.4 Å². The lowest BCUT2D eigenvalue weighted by atomic mass is 10.0. The Morgan fingerprint density at radius 1 is 1.28 bits per heavy atom. The highest BCUT2D eigenvalue weighted by Gasteiger charge is 2.31. The molecule has 0 unspecified atom stereocenters. The number of fused-ring (bicyclic) bond motifs is 1.